The van der Waals surface area contributed by atoms with Gasteiger partial charge in [-0.2, -0.15) is 0 Å². The highest BCUT2D eigenvalue weighted by Crippen LogP contribution is 2.09. The van der Waals surface area contributed by atoms with Gasteiger partial charge in [-0.15, -0.1) is 0 Å². The fourth-order valence-corrected chi connectivity index (χ4v) is 0.447. The average molecular weight is 127 g/mol. The molecular formula is C8H17N. The molecule has 0 radical (unpaired) electrons. The van der Waals surface area contributed by atoms with Crippen molar-refractivity contribution in [1.82, 2.24) is 4.90 Å². The maximum Gasteiger partial charge on any atom is 0.0309 e. The molecule has 0 amide bonds. The molecule has 0 fully saturated rings. The van der Waals surface area contributed by atoms with Crippen LogP contribution in [0.3, 0.4) is 0 Å². The summed E-state index contributed by atoms with van der Waals surface area (Å²) in [7, 11) is 2.08. The summed E-state index contributed by atoms with van der Waals surface area (Å²) in [5.41, 5.74) is 0.256. The van der Waals surface area contributed by atoms with Crippen molar-refractivity contribution in [2.24, 2.45) is 0 Å². The van der Waals surface area contributed by atoms with Crippen LogP contribution in [-0.4, -0.2) is 17.5 Å². The summed E-state index contributed by atoms with van der Waals surface area (Å²) < 4.78 is 0. The Labute approximate surface area is 58.4 Å². The molecule has 54 valence electrons. The van der Waals surface area contributed by atoms with Crippen LogP contribution in [0, 0.1) is 0 Å². The molecule has 0 aliphatic carbocycles. The lowest BCUT2D eigenvalue weighted by molar-refractivity contribution is 0.249. The normalized spacial score (nSPS) is 12.6. The minimum atomic E-state index is 0.256. The first-order valence-electron chi connectivity index (χ1n) is 3.34. The van der Waals surface area contributed by atoms with Gasteiger partial charge in [0.05, 0.1) is 0 Å². The van der Waals surface area contributed by atoms with E-state index in [1.54, 1.807) is 0 Å². The predicted octanol–water partition coefficient (Wildman–Crippen LogP) is 2.25. The van der Waals surface area contributed by atoms with Crippen molar-refractivity contribution in [3.63, 3.8) is 0 Å². The van der Waals surface area contributed by atoms with E-state index in [1.807, 2.05) is 13.0 Å². The van der Waals surface area contributed by atoms with Gasteiger partial charge in [-0.25, -0.2) is 0 Å². The predicted molar refractivity (Wildman–Crippen MR) is 42.3 cm³/mol. The van der Waals surface area contributed by atoms with Crippen LogP contribution in [0.1, 0.15) is 27.7 Å². The molecule has 0 rings (SSSR count). The van der Waals surface area contributed by atoms with E-state index in [9.17, 15) is 0 Å². The van der Waals surface area contributed by atoms with Crippen molar-refractivity contribution in [1.29, 1.82) is 0 Å². The van der Waals surface area contributed by atoms with Gasteiger partial charge >= 0.3 is 0 Å². The van der Waals surface area contributed by atoms with E-state index in [-0.39, 0.29) is 5.54 Å². The van der Waals surface area contributed by atoms with E-state index >= 15 is 0 Å². The molecule has 0 atom stereocenters. The molecular weight excluding hydrogens is 110 g/mol. The van der Waals surface area contributed by atoms with E-state index in [0.717, 1.165) is 0 Å². The van der Waals surface area contributed by atoms with Gasteiger partial charge in [-0.05, 0) is 33.9 Å². The van der Waals surface area contributed by atoms with Gasteiger partial charge in [0.1, 0.15) is 0 Å². The molecule has 0 saturated heterocycles. The molecule has 0 saturated carbocycles. The first-order valence-corrected chi connectivity index (χ1v) is 3.34. The highest BCUT2D eigenvalue weighted by molar-refractivity contribution is 4.84. The van der Waals surface area contributed by atoms with Crippen molar-refractivity contribution in [2.45, 2.75) is 33.2 Å². The topological polar surface area (TPSA) is 3.24 Å². The molecule has 1 nitrogen and oxygen atoms in total. The van der Waals surface area contributed by atoms with Crippen molar-refractivity contribution in [3.05, 3.63) is 12.3 Å². The minimum absolute atomic E-state index is 0.256. The van der Waals surface area contributed by atoms with Crippen LogP contribution in [0.15, 0.2) is 12.3 Å². The first-order chi connectivity index (χ1) is 3.98. The lowest BCUT2D eigenvalue weighted by Gasteiger charge is -2.30. The Balaban J connectivity index is 3.88. The van der Waals surface area contributed by atoms with Crippen molar-refractivity contribution in [2.75, 3.05) is 7.05 Å². The first kappa shape index (κ1) is 8.54. The maximum atomic E-state index is 2.19. The summed E-state index contributed by atoms with van der Waals surface area (Å²) in [6.45, 7) is 8.59. The molecule has 0 spiro atoms. The molecule has 0 bridgehead atoms. The largest absolute Gasteiger partial charge is 0.376 e. The number of hydrogen-bond donors (Lipinski definition) is 0. The van der Waals surface area contributed by atoms with Crippen LogP contribution in [0.4, 0.5) is 0 Å². The molecule has 0 heterocycles. The molecule has 0 aromatic rings. The Kier molecular flexibility index (Phi) is 2.75. The van der Waals surface area contributed by atoms with E-state index in [4.69, 9.17) is 0 Å². The summed E-state index contributed by atoms with van der Waals surface area (Å²) in [5.74, 6) is 0. The Morgan fingerprint density at radius 2 is 1.67 bits per heavy atom. The van der Waals surface area contributed by atoms with Crippen LogP contribution in [0.2, 0.25) is 0 Å². The third-order valence-electron chi connectivity index (χ3n) is 1.43. The van der Waals surface area contributed by atoms with Crippen LogP contribution >= 0.6 is 0 Å². The smallest absolute Gasteiger partial charge is 0.0309 e. The van der Waals surface area contributed by atoms with Crippen molar-refractivity contribution >= 4 is 0 Å². The van der Waals surface area contributed by atoms with Gasteiger partial charge in [0.25, 0.3) is 0 Å². The number of nitrogens with zero attached hydrogens (tertiary/aromatic N) is 1. The monoisotopic (exact) mass is 127 g/mol. The van der Waals surface area contributed by atoms with Gasteiger partial charge in [0, 0.05) is 12.6 Å². The molecule has 0 aromatic heterocycles. The van der Waals surface area contributed by atoms with Crippen molar-refractivity contribution < 1.29 is 0 Å². The van der Waals surface area contributed by atoms with Crippen LogP contribution in [0.25, 0.3) is 0 Å². The second-order valence-corrected chi connectivity index (χ2v) is 3.26. The lowest BCUT2D eigenvalue weighted by Crippen LogP contribution is -2.33. The van der Waals surface area contributed by atoms with Gasteiger partial charge < -0.3 is 4.90 Å². The zero-order valence-electron chi connectivity index (χ0n) is 7.10. The number of rotatable bonds is 1. The molecule has 0 aliphatic heterocycles. The third kappa shape index (κ3) is 3.17. The Morgan fingerprint density at radius 3 is 1.78 bits per heavy atom. The fourth-order valence-electron chi connectivity index (χ4n) is 0.447. The summed E-state index contributed by atoms with van der Waals surface area (Å²) in [5, 5.41) is 0. The number of hydrogen-bond acceptors (Lipinski definition) is 1. The molecule has 0 unspecified atom stereocenters. The second-order valence-electron chi connectivity index (χ2n) is 3.26. The van der Waals surface area contributed by atoms with E-state index in [1.165, 1.54) is 0 Å². The van der Waals surface area contributed by atoms with Crippen LogP contribution in [-0.2, 0) is 0 Å². The standard InChI is InChI=1S/C8H17N/c1-6-7-9(5)8(2,3)4/h6-7H,1-5H3. The fraction of sp³-hybridized carbons (Fsp3) is 0.750. The van der Waals surface area contributed by atoms with E-state index in [0.29, 0.717) is 0 Å². The highest BCUT2D eigenvalue weighted by atomic mass is 15.1. The Morgan fingerprint density at radius 1 is 1.22 bits per heavy atom. The third-order valence-corrected chi connectivity index (χ3v) is 1.43. The molecule has 0 aliphatic rings. The molecule has 0 aromatic carbocycles. The summed E-state index contributed by atoms with van der Waals surface area (Å²) in [6, 6.07) is 0. The quantitative estimate of drug-likeness (QED) is 0.522. The van der Waals surface area contributed by atoms with E-state index < -0.39 is 0 Å². The number of allylic oxidation sites excluding steroid dienone is 1. The van der Waals surface area contributed by atoms with Crippen molar-refractivity contribution in [3.8, 4) is 0 Å². The zero-order valence-corrected chi connectivity index (χ0v) is 7.10. The average Bonchev–Trinajstić information content (AvgIpc) is 1.64. The van der Waals surface area contributed by atoms with Gasteiger partial charge in [0.2, 0.25) is 0 Å². The molecule has 0 N–H and O–H groups in total. The maximum absolute atomic E-state index is 2.19. The van der Waals surface area contributed by atoms with Crippen LogP contribution < -0.4 is 0 Å². The summed E-state index contributed by atoms with van der Waals surface area (Å²) in [6.07, 6.45) is 4.13. The van der Waals surface area contributed by atoms with Gasteiger partial charge in [-0.1, -0.05) is 6.08 Å². The minimum Gasteiger partial charge on any atom is -0.376 e. The van der Waals surface area contributed by atoms with E-state index in [2.05, 4.69) is 38.9 Å². The molecule has 1 heteroatoms. The Hall–Kier alpha value is -0.460. The van der Waals surface area contributed by atoms with Crippen LogP contribution in [0.5, 0.6) is 0 Å². The zero-order chi connectivity index (χ0) is 7.49. The Bertz CT molecular complexity index is 97.6. The SMILES string of the molecule is CC=CN(C)C(C)(C)C. The highest BCUT2D eigenvalue weighted by Gasteiger charge is 2.11. The summed E-state index contributed by atoms with van der Waals surface area (Å²) >= 11 is 0. The molecule has 9 heavy (non-hydrogen) atoms. The van der Waals surface area contributed by atoms with Gasteiger partial charge in [-0.3, -0.25) is 0 Å². The lowest BCUT2D eigenvalue weighted by atomic mass is 10.1. The van der Waals surface area contributed by atoms with Gasteiger partial charge in [0.15, 0.2) is 0 Å². The summed E-state index contributed by atoms with van der Waals surface area (Å²) in [4.78, 5) is 2.19. The second kappa shape index (κ2) is 2.90.